The molecule has 2 unspecified atom stereocenters. The van der Waals surface area contributed by atoms with E-state index in [2.05, 4.69) is 15.5 Å². The van der Waals surface area contributed by atoms with Crippen LogP contribution in [0.3, 0.4) is 0 Å². The Morgan fingerprint density at radius 1 is 1.24 bits per heavy atom. The largest absolute Gasteiger partial charge is 0.391 e. The molecule has 1 aromatic heterocycles. The fourth-order valence-electron chi connectivity index (χ4n) is 2.72. The molecular formula is C16H19N3O2. The van der Waals surface area contributed by atoms with Gasteiger partial charge in [0.05, 0.1) is 17.8 Å². The van der Waals surface area contributed by atoms with Crippen molar-refractivity contribution >= 4 is 5.91 Å². The van der Waals surface area contributed by atoms with Gasteiger partial charge in [-0.25, -0.2) is 0 Å². The summed E-state index contributed by atoms with van der Waals surface area (Å²) in [5.74, 6) is -0.212. The Kier molecular flexibility index (Phi) is 4.01. The normalized spacial score (nSPS) is 22.0. The molecule has 0 bridgehead atoms. The maximum atomic E-state index is 12.2. The number of carbonyl (C=O) groups is 1. The van der Waals surface area contributed by atoms with E-state index < -0.39 is 6.10 Å². The van der Waals surface area contributed by atoms with Crippen molar-refractivity contribution in [3.8, 4) is 11.3 Å². The highest BCUT2D eigenvalue weighted by Crippen LogP contribution is 2.20. The van der Waals surface area contributed by atoms with Crippen LogP contribution in [0, 0.1) is 0 Å². The van der Waals surface area contributed by atoms with Crippen LogP contribution in [0.15, 0.2) is 36.4 Å². The van der Waals surface area contributed by atoms with Crippen LogP contribution in [0.1, 0.15) is 36.2 Å². The molecule has 1 heterocycles. The summed E-state index contributed by atoms with van der Waals surface area (Å²) in [6, 6.07) is 11.3. The van der Waals surface area contributed by atoms with E-state index in [0.717, 1.165) is 36.9 Å². The predicted molar refractivity (Wildman–Crippen MR) is 79.8 cm³/mol. The first kappa shape index (κ1) is 13.8. The van der Waals surface area contributed by atoms with Crippen molar-refractivity contribution in [1.29, 1.82) is 0 Å². The molecule has 1 amide bonds. The molecule has 5 heteroatoms. The SMILES string of the molecule is O=C(NC1CCCCC1O)c1cc(-c2ccccc2)n[nH]1. The number of carbonyl (C=O) groups excluding carboxylic acids is 1. The van der Waals surface area contributed by atoms with Gasteiger partial charge >= 0.3 is 0 Å². The standard InChI is InChI=1S/C16H19N3O2/c20-15-9-5-4-8-12(15)17-16(21)14-10-13(18-19-14)11-6-2-1-3-7-11/h1-3,6-7,10,12,15,20H,4-5,8-9H2,(H,17,21)(H,18,19). The third kappa shape index (κ3) is 3.13. The number of nitrogens with one attached hydrogen (secondary N) is 2. The summed E-state index contributed by atoms with van der Waals surface area (Å²) in [5, 5.41) is 19.7. The summed E-state index contributed by atoms with van der Waals surface area (Å²) in [6.45, 7) is 0. The maximum absolute atomic E-state index is 12.2. The molecule has 0 radical (unpaired) electrons. The number of rotatable bonds is 3. The number of aromatic amines is 1. The summed E-state index contributed by atoms with van der Waals surface area (Å²) >= 11 is 0. The van der Waals surface area contributed by atoms with Gasteiger partial charge in [0.15, 0.2) is 0 Å². The summed E-state index contributed by atoms with van der Waals surface area (Å²) in [5.41, 5.74) is 2.13. The molecule has 1 aliphatic carbocycles. The van der Waals surface area contributed by atoms with E-state index in [4.69, 9.17) is 0 Å². The molecule has 1 fully saturated rings. The van der Waals surface area contributed by atoms with Gasteiger partial charge in [0.1, 0.15) is 5.69 Å². The van der Waals surface area contributed by atoms with E-state index in [-0.39, 0.29) is 11.9 Å². The lowest BCUT2D eigenvalue weighted by molar-refractivity contribution is 0.0714. The predicted octanol–water partition coefficient (Wildman–Crippen LogP) is 2.11. The molecule has 1 aliphatic rings. The smallest absolute Gasteiger partial charge is 0.269 e. The highest BCUT2D eigenvalue weighted by molar-refractivity contribution is 5.93. The zero-order valence-electron chi connectivity index (χ0n) is 11.7. The summed E-state index contributed by atoms with van der Waals surface area (Å²) in [7, 11) is 0. The van der Waals surface area contributed by atoms with Gasteiger partial charge in [-0.15, -0.1) is 0 Å². The molecule has 3 rings (SSSR count). The van der Waals surface area contributed by atoms with Crippen molar-refractivity contribution in [3.63, 3.8) is 0 Å². The fourth-order valence-corrected chi connectivity index (χ4v) is 2.72. The van der Waals surface area contributed by atoms with Gasteiger partial charge in [-0.1, -0.05) is 43.2 Å². The van der Waals surface area contributed by atoms with Gasteiger partial charge < -0.3 is 10.4 Å². The molecule has 2 atom stereocenters. The van der Waals surface area contributed by atoms with E-state index in [1.807, 2.05) is 30.3 Å². The minimum atomic E-state index is -0.445. The number of amides is 1. The Labute approximate surface area is 123 Å². The molecule has 110 valence electrons. The van der Waals surface area contributed by atoms with Crippen molar-refractivity contribution in [2.45, 2.75) is 37.8 Å². The number of benzene rings is 1. The first-order chi connectivity index (χ1) is 10.2. The lowest BCUT2D eigenvalue weighted by atomic mass is 9.92. The average molecular weight is 285 g/mol. The molecule has 5 nitrogen and oxygen atoms in total. The van der Waals surface area contributed by atoms with Crippen LogP contribution in [-0.4, -0.2) is 33.4 Å². The third-order valence-corrected chi connectivity index (χ3v) is 3.94. The number of hydrogen-bond acceptors (Lipinski definition) is 3. The van der Waals surface area contributed by atoms with Crippen LogP contribution in [0.2, 0.25) is 0 Å². The second-order valence-corrected chi connectivity index (χ2v) is 5.46. The van der Waals surface area contributed by atoms with Crippen molar-refractivity contribution in [3.05, 3.63) is 42.1 Å². The Hall–Kier alpha value is -2.14. The lowest BCUT2D eigenvalue weighted by Crippen LogP contribution is -2.45. The van der Waals surface area contributed by atoms with E-state index in [0.29, 0.717) is 5.69 Å². The van der Waals surface area contributed by atoms with Crippen molar-refractivity contribution < 1.29 is 9.90 Å². The summed E-state index contributed by atoms with van der Waals surface area (Å²) in [4.78, 5) is 12.2. The highest BCUT2D eigenvalue weighted by Gasteiger charge is 2.25. The molecular weight excluding hydrogens is 266 g/mol. The minimum absolute atomic E-state index is 0.158. The minimum Gasteiger partial charge on any atom is -0.391 e. The second kappa shape index (κ2) is 6.10. The van der Waals surface area contributed by atoms with Crippen LogP contribution >= 0.6 is 0 Å². The molecule has 21 heavy (non-hydrogen) atoms. The monoisotopic (exact) mass is 285 g/mol. The Morgan fingerprint density at radius 2 is 2.00 bits per heavy atom. The second-order valence-electron chi connectivity index (χ2n) is 5.46. The van der Waals surface area contributed by atoms with E-state index in [1.165, 1.54) is 0 Å². The summed E-state index contributed by atoms with van der Waals surface area (Å²) in [6.07, 6.45) is 3.20. The van der Waals surface area contributed by atoms with Crippen LogP contribution in [-0.2, 0) is 0 Å². The Balaban J connectivity index is 1.69. The Morgan fingerprint density at radius 3 is 2.76 bits per heavy atom. The van der Waals surface area contributed by atoms with Crippen LogP contribution in [0.25, 0.3) is 11.3 Å². The summed E-state index contributed by atoms with van der Waals surface area (Å²) < 4.78 is 0. The molecule has 0 spiro atoms. The number of aliphatic hydroxyl groups is 1. The molecule has 0 saturated heterocycles. The Bertz CT molecular complexity index is 609. The molecule has 2 aromatic rings. The van der Waals surface area contributed by atoms with Gasteiger partial charge in [0, 0.05) is 5.56 Å². The molecule has 1 saturated carbocycles. The van der Waals surface area contributed by atoms with E-state index in [1.54, 1.807) is 6.07 Å². The van der Waals surface area contributed by atoms with Crippen molar-refractivity contribution in [2.24, 2.45) is 0 Å². The van der Waals surface area contributed by atoms with Gasteiger partial charge in [0.2, 0.25) is 0 Å². The highest BCUT2D eigenvalue weighted by atomic mass is 16.3. The van der Waals surface area contributed by atoms with E-state index in [9.17, 15) is 9.90 Å². The van der Waals surface area contributed by atoms with Gasteiger partial charge in [-0.3, -0.25) is 9.89 Å². The number of nitrogens with zero attached hydrogens (tertiary/aromatic N) is 1. The average Bonchev–Trinajstić information content (AvgIpc) is 3.00. The van der Waals surface area contributed by atoms with Crippen LogP contribution < -0.4 is 5.32 Å². The van der Waals surface area contributed by atoms with Gasteiger partial charge in [-0.05, 0) is 18.9 Å². The maximum Gasteiger partial charge on any atom is 0.269 e. The number of hydrogen-bond donors (Lipinski definition) is 3. The lowest BCUT2D eigenvalue weighted by Gasteiger charge is -2.28. The topological polar surface area (TPSA) is 78.0 Å². The molecule has 0 aliphatic heterocycles. The van der Waals surface area contributed by atoms with E-state index >= 15 is 0 Å². The number of H-pyrrole nitrogens is 1. The first-order valence-electron chi connectivity index (χ1n) is 7.34. The van der Waals surface area contributed by atoms with Gasteiger partial charge in [-0.2, -0.15) is 5.10 Å². The first-order valence-corrected chi connectivity index (χ1v) is 7.34. The fraction of sp³-hybridized carbons (Fsp3) is 0.375. The number of aromatic nitrogens is 2. The quantitative estimate of drug-likeness (QED) is 0.808. The van der Waals surface area contributed by atoms with Crippen molar-refractivity contribution in [1.82, 2.24) is 15.5 Å². The zero-order valence-corrected chi connectivity index (χ0v) is 11.7. The zero-order chi connectivity index (χ0) is 14.7. The van der Waals surface area contributed by atoms with Crippen LogP contribution in [0.5, 0.6) is 0 Å². The number of aliphatic hydroxyl groups excluding tert-OH is 1. The molecule has 1 aromatic carbocycles. The third-order valence-electron chi connectivity index (χ3n) is 3.94. The van der Waals surface area contributed by atoms with Crippen molar-refractivity contribution in [2.75, 3.05) is 0 Å². The van der Waals surface area contributed by atoms with Gasteiger partial charge in [0.25, 0.3) is 5.91 Å². The molecule has 3 N–H and O–H groups in total. The van der Waals surface area contributed by atoms with Crippen LogP contribution in [0.4, 0.5) is 0 Å².